The molecule has 2 atom stereocenters. The lowest BCUT2D eigenvalue weighted by Gasteiger charge is -2.15. The Morgan fingerprint density at radius 3 is 2.32 bits per heavy atom. The standard InChI is InChI=1S/C12H19N3O6.ClH/c1-7(11(18)14-2)21-12(19)8(13)6-15-9(16)4-5-10(17)20-3;/h4-5,7-8H,6,13H2,1-3H3,(H,14,18)(H,15,16);1H/b5-4+;/t7-,8-;/m0./s1. The highest BCUT2D eigenvalue weighted by Crippen LogP contribution is 1.94. The van der Waals surface area contributed by atoms with Crippen LogP contribution in [0.1, 0.15) is 6.92 Å². The van der Waals surface area contributed by atoms with E-state index in [1.54, 1.807) is 0 Å². The lowest BCUT2D eigenvalue weighted by molar-refractivity contribution is -0.155. The number of nitrogens with two attached hydrogens (primary N) is 1. The van der Waals surface area contributed by atoms with Crippen molar-refractivity contribution in [2.24, 2.45) is 5.73 Å². The molecule has 0 aliphatic carbocycles. The third kappa shape index (κ3) is 8.93. The van der Waals surface area contributed by atoms with Crippen molar-refractivity contribution in [2.75, 3.05) is 20.7 Å². The summed E-state index contributed by atoms with van der Waals surface area (Å²) in [5.41, 5.74) is 5.50. The molecule has 0 radical (unpaired) electrons. The summed E-state index contributed by atoms with van der Waals surface area (Å²) in [6, 6.07) is -1.13. The predicted octanol–water partition coefficient (Wildman–Crippen LogP) is -1.74. The van der Waals surface area contributed by atoms with Gasteiger partial charge in [-0.2, -0.15) is 0 Å². The fourth-order valence-corrected chi connectivity index (χ4v) is 1.08. The van der Waals surface area contributed by atoms with E-state index in [1.807, 2.05) is 0 Å². The second-order valence-corrected chi connectivity index (χ2v) is 3.90. The van der Waals surface area contributed by atoms with Crippen LogP contribution in [0.15, 0.2) is 12.2 Å². The second kappa shape index (κ2) is 11.5. The van der Waals surface area contributed by atoms with Gasteiger partial charge in [0.05, 0.1) is 7.11 Å². The number of carbonyl (C=O) groups is 4. The minimum atomic E-state index is -1.13. The zero-order valence-corrected chi connectivity index (χ0v) is 13.3. The zero-order chi connectivity index (χ0) is 16.4. The van der Waals surface area contributed by atoms with Crippen LogP contribution < -0.4 is 16.4 Å². The molecular formula is C12H20ClN3O6. The molecule has 0 heterocycles. The van der Waals surface area contributed by atoms with Gasteiger partial charge in [0.25, 0.3) is 5.91 Å². The summed E-state index contributed by atoms with van der Waals surface area (Å²) in [5.74, 6) is -2.61. The molecule has 0 saturated heterocycles. The van der Waals surface area contributed by atoms with Crippen LogP contribution in [-0.2, 0) is 28.7 Å². The van der Waals surface area contributed by atoms with Crippen molar-refractivity contribution in [3.05, 3.63) is 12.2 Å². The predicted molar refractivity (Wildman–Crippen MR) is 79.0 cm³/mol. The number of rotatable bonds is 7. The molecule has 22 heavy (non-hydrogen) atoms. The quantitative estimate of drug-likeness (QED) is 0.370. The van der Waals surface area contributed by atoms with Gasteiger partial charge in [-0.15, -0.1) is 12.4 Å². The molecule has 4 N–H and O–H groups in total. The average Bonchev–Trinajstić information content (AvgIpc) is 2.48. The Balaban J connectivity index is 0. The van der Waals surface area contributed by atoms with Crippen molar-refractivity contribution in [1.29, 1.82) is 0 Å². The summed E-state index contributed by atoms with van der Waals surface area (Å²) in [6.07, 6.45) is 0.882. The molecular weight excluding hydrogens is 318 g/mol. The maximum Gasteiger partial charge on any atom is 0.330 e. The van der Waals surface area contributed by atoms with E-state index in [0.717, 1.165) is 12.2 Å². The third-order valence-electron chi connectivity index (χ3n) is 2.28. The Labute approximate surface area is 134 Å². The summed E-state index contributed by atoms with van der Waals surface area (Å²) in [6.45, 7) is 1.19. The van der Waals surface area contributed by atoms with Crippen LogP contribution in [0, 0.1) is 0 Å². The molecule has 0 aliphatic rings. The largest absolute Gasteiger partial charge is 0.466 e. The van der Waals surface area contributed by atoms with E-state index < -0.39 is 35.9 Å². The average molecular weight is 338 g/mol. The van der Waals surface area contributed by atoms with Gasteiger partial charge in [-0.3, -0.25) is 14.4 Å². The number of nitrogens with one attached hydrogen (secondary N) is 2. The minimum absolute atomic E-state index is 0. The van der Waals surface area contributed by atoms with Crippen LogP contribution in [0.4, 0.5) is 0 Å². The van der Waals surface area contributed by atoms with Gasteiger partial charge < -0.3 is 25.8 Å². The number of methoxy groups -OCH3 is 1. The fourth-order valence-electron chi connectivity index (χ4n) is 1.08. The van der Waals surface area contributed by atoms with Crippen molar-refractivity contribution in [3.8, 4) is 0 Å². The van der Waals surface area contributed by atoms with E-state index in [2.05, 4.69) is 15.4 Å². The number of hydrogen-bond acceptors (Lipinski definition) is 7. The molecule has 10 heteroatoms. The van der Waals surface area contributed by atoms with Gasteiger partial charge in [0.1, 0.15) is 6.04 Å². The van der Waals surface area contributed by atoms with Gasteiger partial charge in [-0.05, 0) is 6.92 Å². The fraction of sp³-hybridized carbons (Fsp3) is 0.500. The SMILES string of the molecule is CNC(=O)[C@H](C)OC(=O)[C@@H](N)CNC(=O)/C=C/C(=O)OC.Cl. The number of hydrogen-bond donors (Lipinski definition) is 3. The van der Waals surface area contributed by atoms with E-state index in [1.165, 1.54) is 21.1 Å². The van der Waals surface area contributed by atoms with E-state index in [9.17, 15) is 19.2 Å². The number of esters is 2. The second-order valence-electron chi connectivity index (χ2n) is 3.90. The van der Waals surface area contributed by atoms with Crippen LogP contribution >= 0.6 is 12.4 Å². The van der Waals surface area contributed by atoms with Gasteiger partial charge in [0.2, 0.25) is 5.91 Å². The summed E-state index contributed by atoms with van der Waals surface area (Å²) < 4.78 is 9.09. The lowest BCUT2D eigenvalue weighted by atomic mass is 10.3. The number of amides is 2. The molecule has 126 valence electrons. The van der Waals surface area contributed by atoms with Crippen LogP contribution in [-0.4, -0.2) is 56.6 Å². The number of halogens is 1. The normalized spacial score (nSPS) is 12.5. The van der Waals surface area contributed by atoms with Crippen LogP contribution in [0.3, 0.4) is 0 Å². The molecule has 0 bridgehead atoms. The first-order chi connectivity index (χ1) is 9.81. The maximum atomic E-state index is 11.5. The molecule has 0 aliphatic heterocycles. The first kappa shape index (κ1) is 22.2. The Hall–Kier alpha value is -2.13. The molecule has 0 fully saturated rings. The van der Waals surface area contributed by atoms with Gasteiger partial charge >= 0.3 is 11.9 Å². The first-order valence-corrected chi connectivity index (χ1v) is 6.03. The molecule has 0 saturated carbocycles. The summed E-state index contributed by atoms with van der Waals surface area (Å²) in [5, 5.41) is 4.61. The number of carbonyl (C=O) groups excluding carboxylic acids is 4. The molecule has 0 rings (SSSR count). The minimum Gasteiger partial charge on any atom is -0.466 e. The molecule has 0 aromatic heterocycles. The zero-order valence-electron chi connectivity index (χ0n) is 12.5. The third-order valence-corrected chi connectivity index (χ3v) is 2.28. The first-order valence-electron chi connectivity index (χ1n) is 6.03. The Bertz CT molecular complexity index is 441. The summed E-state index contributed by atoms with van der Waals surface area (Å²) >= 11 is 0. The lowest BCUT2D eigenvalue weighted by Crippen LogP contribution is -2.45. The van der Waals surface area contributed by atoms with E-state index in [0.29, 0.717) is 0 Å². The topological polar surface area (TPSA) is 137 Å². The molecule has 0 aromatic carbocycles. The van der Waals surface area contributed by atoms with E-state index >= 15 is 0 Å². The molecule has 9 nitrogen and oxygen atoms in total. The van der Waals surface area contributed by atoms with Crippen molar-refractivity contribution in [1.82, 2.24) is 10.6 Å². The summed E-state index contributed by atoms with van der Waals surface area (Å²) in [4.78, 5) is 44.7. The number of ether oxygens (including phenoxy) is 2. The number of likely N-dealkylation sites (N-methyl/N-ethyl adjacent to an activating group) is 1. The highest BCUT2D eigenvalue weighted by molar-refractivity contribution is 5.94. The van der Waals surface area contributed by atoms with Crippen LogP contribution in [0.25, 0.3) is 0 Å². The molecule has 0 unspecified atom stereocenters. The molecule has 2 amide bonds. The molecule has 0 aromatic rings. The highest BCUT2D eigenvalue weighted by Gasteiger charge is 2.21. The van der Waals surface area contributed by atoms with Gasteiger partial charge in [0, 0.05) is 25.7 Å². The highest BCUT2D eigenvalue weighted by atomic mass is 35.5. The van der Waals surface area contributed by atoms with Crippen molar-refractivity contribution in [3.63, 3.8) is 0 Å². The van der Waals surface area contributed by atoms with Crippen LogP contribution in [0.5, 0.6) is 0 Å². The smallest absolute Gasteiger partial charge is 0.330 e. The van der Waals surface area contributed by atoms with Gasteiger partial charge in [-0.1, -0.05) is 0 Å². The van der Waals surface area contributed by atoms with Crippen LogP contribution in [0.2, 0.25) is 0 Å². The van der Waals surface area contributed by atoms with Gasteiger partial charge in [-0.25, -0.2) is 4.79 Å². The Kier molecular flexibility index (Phi) is 11.6. The van der Waals surface area contributed by atoms with E-state index in [-0.39, 0.29) is 19.0 Å². The van der Waals surface area contributed by atoms with Crippen molar-refractivity contribution in [2.45, 2.75) is 19.1 Å². The maximum absolute atomic E-state index is 11.5. The Morgan fingerprint density at radius 1 is 1.23 bits per heavy atom. The van der Waals surface area contributed by atoms with Crippen molar-refractivity contribution >= 4 is 36.2 Å². The van der Waals surface area contributed by atoms with E-state index in [4.69, 9.17) is 10.5 Å². The van der Waals surface area contributed by atoms with Crippen molar-refractivity contribution < 1.29 is 28.7 Å². The monoisotopic (exact) mass is 337 g/mol. The molecule has 0 spiro atoms. The Morgan fingerprint density at radius 2 is 1.82 bits per heavy atom. The summed E-state index contributed by atoms with van der Waals surface area (Å²) in [7, 11) is 2.57. The van der Waals surface area contributed by atoms with Gasteiger partial charge in [0.15, 0.2) is 6.10 Å².